The van der Waals surface area contributed by atoms with E-state index in [2.05, 4.69) is 12.2 Å². The molecule has 1 saturated heterocycles. The summed E-state index contributed by atoms with van der Waals surface area (Å²) in [6.07, 6.45) is 2.64. The SMILES string of the molecule is CCCN(C(=O)NC(C)(C)CCC)C1COCC1C(=O)O. The zero-order valence-electron chi connectivity index (χ0n) is 13.5. The minimum atomic E-state index is -0.903. The van der Waals surface area contributed by atoms with E-state index in [1.807, 2.05) is 20.8 Å². The van der Waals surface area contributed by atoms with Gasteiger partial charge in [0.25, 0.3) is 0 Å². The van der Waals surface area contributed by atoms with Gasteiger partial charge in [-0.3, -0.25) is 4.79 Å². The topological polar surface area (TPSA) is 78.9 Å². The van der Waals surface area contributed by atoms with E-state index >= 15 is 0 Å². The smallest absolute Gasteiger partial charge is 0.318 e. The molecule has 0 bridgehead atoms. The zero-order valence-corrected chi connectivity index (χ0v) is 13.5. The molecule has 0 aromatic carbocycles. The summed E-state index contributed by atoms with van der Waals surface area (Å²) >= 11 is 0. The molecule has 1 fully saturated rings. The minimum absolute atomic E-state index is 0.172. The van der Waals surface area contributed by atoms with Crippen LogP contribution in [0.15, 0.2) is 0 Å². The molecule has 6 heteroatoms. The Labute approximate surface area is 126 Å². The van der Waals surface area contributed by atoms with Crippen molar-refractivity contribution in [2.45, 2.75) is 58.5 Å². The van der Waals surface area contributed by atoms with Crippen LogP contribution in [0.25, 0.3) is 0 Å². The summed E-state index contributed by atoms with van der Waals surface area (Å²) in [5.41, 5.74) is -0.296. The van der Waals surface area contributed by atoms with Gasteiger partial charge in [-0.2, -0.15) is 0 Å². The van der Waals surface area contributed by atoms with Gasteiger partial charge in [0.2, 0.25) is 0 Å². The molecule has 2 amide bonds. The molecule has 122 valence electrons. The second kappa shape index (κ2) is 7.64. The largest absolute Gasteiger partial charge is 0.481 e. The highest BCUT2D eigenvalue weighted by molar-refractivity contribution is 5.77. The van der Waals surface area contributed by atoms with E-state index in [4.69, 9.17) is 4.74 Å². The first kappa shape index (κ1) is 17.8. The lowest BCUT2D eigenvalue weighted by molar-refractivity contribution is -0.142. The number of urea groups is 1. The summed E-state index contributed by atoms with van der Waals surface area (Å²) in [6.45, 7) is 9.01. The molecule has 0 aliphatic carbocycles. The number of carbonyl (C=O) groups is 2. The predicted molar refractivity (Wildman–Crippen MR) is 80.2 cm³/mol. The number of carbonyl (C=O) groups excluding carboxylic acids is 1. The number of nitrogens with zero attached hydrogens (tertiary/aromatic N) is 1. The molecule has 2 atom stereocenters. The van der Waals surface area contributed by atoms with Crippen molar-refractivity contribution in [3.8, 4) is 0 Å². The molecule has 1 heterocycles. The van der Waals surface area contributed by atoms with Crippen molar-refractivity contribution >= 4 is 12.0 Å². The fourth-order valence-electron chi connectivity index (χ4n) is 2.79. The van der Waals surface area contributed by atoms with Gasteiger partial charge >= 0.3 is 12.0 Å². The number of nitrogens with one attached hydrogen (secondary N) is 1. The molecule has 1 rings (SSSR count). The maximum absolute atomic E-state index is 12.5. The lowest BCUT2D eigenvalue weighted by Crippen LogP contribution is -2.55. The first-order chi connectivity index (χ1) is 9.82. The number of amides is 2. The Morgan fingerprint density at radius 2 is 1.95 bits per heavy atom. The zero-order chi connectivity index (χ0) is 16.0. The van der Waals surface area contributed by atoms with Gasteiger partial charge in [0.05, 0.1) is 19.3 Å². The van der Waals surface area contributed by atoms with Crippen molar-refractivity contribution in [2.24, 2.45) is 5.92 Å². The Balaban J connectivity index is 2.80. The van der Waals surface area contributed by atoms with E-state index in [9.17, 15) is 14.7 Å². The van der Waals surface area contributed by atoms with Crippen LogP contribution in [-0.2, 0) is 9.53 Å². The van der Waals surface area contributed by atoms with E-state index in [-0.39, 0.29) is 24.2 Å². The van der Waals surface area contributed by atoms with Gasteiger partial charge in [0, 0.05) is 12.1 Å². The fraction of sp³-hybridized carbons (Fsp3) is 0.867. The molecule has 2 unspecified atom stereocenters. The van der Waals surface area contributed by atoms with Crippen molar-refractivity contribution in [1.29, 1.82) is 0 Å². The summed E-state index contributed by atoms with van der Waals surface area (Å²) in [5.74, 6) is -1.55. The summed E-state index contributed by atoms with van der Waals surface area (Å²) in [7, 11) is 0. The van der Waals surface area contributed by atoms with E-state index in [1.54, 1.807) is 4.90 Å². The Hall–Kier alpha value is -1.30. The van der Waals surface area contributed by atoms with Crippen LogP contribution in [-0.4, -0.2) is 53.3 Å². The van der Waals surface area contributed by atoms with Crippen molar-refractivity contribution in [3.63, 3.8) is 0 Å². The molecule has 21 heavy (non-hydrogen) atoms. The molecule has 1 aliphatic rings. The molecule has 0 radical (unpaired) electrons. The summed E-state index contributed by atoms with van der Waals surface area (Å²) < 4.78 is 5.28. The van der Waals surface area contributed by atoms with Crippen molar-refractivity contribution in [3.05, 3.63) is 0 Å². The highest BCUT2D eigenvalue weighted by Crippen LogP contribution is 2.21. The Morgan fingerprint density at radius 3 is 2.48 bits per heavy atom. The second-order valence-electron chi connectivity index (χ2n) is 6.31. The highest BCUT2D eigenvalue weighted by Gasteiger charge is 2.40. The lowest BCUT2D eigenvalue weighted by atomic mass is 9.98. The van der Waals surface area contributed by atoms with Gasteiger partial charge in [-0.05, 0) is 26.7 Å². The number of hydrogen-bond acceptors (Lipinski definition) is 3. The quantitative estimate of drug-likeness (QED) is 0.754. The van der Waals surface area contributed by atoms with Crippen molar-refractivity contribution in [1.82, 2.24) is 10.2 Å². The van der Waals surface area contributed by atoms with Crippen LogP contribution in [0, 0.1) is 5.92 Å². The van der Waals surface area contributed by atoms with Gasteiger partial charge < -0.3 is 20.1 Å². The van der Waals surface area contributed by atoms with Gasteiger partial charge in [-0.15, -0.1) is 0 Å². The van der Waals surface area contributed by atoms with Gasteiger partial charge in [-0.25, -0.2) is 4.79 Å². The average molecular weight is 300 g/mol. The summed E-state index contributed by atoms with van der Waals surface area (Å²) in [6, 6.07) is -0.586. The summed E-state index contributed by atoms with van der Waals surface area (Å²) in [4.78, 5) is 25.5. The summed E-state index contributed by atoms with van der Waals surface area (Å²) in [5, 5.41) is 12.3. The molecule has 0 saturated carbocycles. The first-order valence-electron chi connectivity index (χ1n) is 7.71. The van der Waals surface area contributed by atoms with Crippen molar-refractivity contribution in [2.75, 3.05) is 19.8 Å². The van der Waals surface area contributed by atoms with E-state index < -0.39 is 11.9 Å². The maximum atomic E-state index is 12.5. The lowest BCUT2D eigenvalue weighted by Gasteiger charge is -2.34. The van der Waals surface area contributed by atoms with Crippen LogP contribution in [0.2, 0.25) is 0 Å². The molecule has 0 aromatic heterocycles. The third-order valence-corrected chi connectivity index (χ3v) is 3.81. The number of hydrogen-bond donors (Lipinski definition) is 2. The first-order valence-corrected chi connectivity index (χ1v) is 7.71. The number of ether oxygens (including phenoxy) is 1. The molecule has 0 spiro atoms. The van der Waals surface area contributed by atoms with Crippen LogP contribution < -0.4 is 5.32 Å². The van der Waals surface area contributed by atoms with E-state index in [0.29, 0.717) is 13.2 Å². The van der Waals surface area contributed by atoms with Gasteiger partial charge in [0.1, 0.15) is 5.92 Å². The van der Waals surface area contributed by atoms with Gasteiger partial charge in [-0.1, -0.05) is 20.3 Å². The molecule has 6 nitrogen and oxygen atoms in total. The highest BCUT2D eigenvalue weighted by atomic mass is 16.5. The third kappa shape index (κ3) is 4.88. The van der Waals surface area contributed by atoms with Crippen LogP contribution in [0.4, 0.5) is 4.79 Å². The number of carboxylic acid groups (broad SMARTS) is 1. The van der Waals surface area contributed by atoms with E-state index in [1.165, 1.54) is 0 Å². The van der Waals surface area contributed by atoms with E-state index in [0.717, 1.165) is 19.3 Å². The Morgan fingerprint density at radius 1 is 1.29 bits per heavy atom. The maximum Gasteiger partial charge on any atom is 0.318 e. The molecular formula is C15H28N2O4. The third-order valence-electron chi connectivity index (χ3n) is 3.81. The normalized spacial score (nSPS) is 22.1. The molecular weight excluding hydrogens is 272 g/mol. The number of carboxylic acids is 1. The Bertz CT molecular complexity index is 371. The second-order valence-corrected chi connectivity index (χ2v) is 6.31. The Kier molecular flexibility index (Phi) is 6.45. The van der Waals surface area contributed by atoms with Crippen LogP contribution in [0.3, 0.4) is 0 Å². The predicted octanol–water partition coefficient (Wildman–Crippen LogP) is 2.09. The molecule has 2 N–H and O–H groups in total. The fourth-order valence-corrected chi connectivity index (χ4v) is 2.79. The minimum Gasteiger partial charge on any atom is -0.481 e. The number of rotatable bonds is 7. The monoisotopic (exact) mass is 300 g/mol. The van der Waals surface area contributed by atoms with Crippen LogP contribution in [0.5, 0.6) is 0 Å². The standard InChI is InChI=1S/C15H28N2O4/c1-5-7-15(3,4)16-14(20)17(8-6-2)12-10-21-9-11(12)13(18)19/h11-12H,5-10H2,1-4H3,(H,16,20)(H,18,19). The molecule has 1 aliphatic heterocycles. The number of aliphatic carboxylic acids is 1. The van der Waals surface area contributed by atoms with Crippen molar-refractivity contribution < 1.29 is 19.4 Å². The van der Waals surface area contributed by atoms with Gasteiger partial charge in [0.15, 0.2) is 0 Å². The molecule has 0 aromatic rings. The average Bonchev–Trinajstić information content (AvgIpc) is 2.83. The van der Waals surface area contributed by atoms with Crippen LogP contribution >= 0.6 is 0 Å². The van der Waals surface area contributed by atoms with Crippen LogP contribution in [0.1, 0.15) is 47.0 Å².